The number of alkyl halides is 2. The third-order valence-corrected chi connectivity index (χ3v) is 2.28. The Kier molecular flexibility index (Phi) is 5.17. The van der Waals surface area contributed by atoms with Gasteiger partial charge in [-0.3, -0.25) is 10.1 Å². The highest BCUT2D eigenvalue weighted by Gasteiger charge is 2.23. The van der Waals surface area contributed by atoms with E-state index in [0.717, 1.165) is 0 Å². The van der Waals surface area contributed by atoms with Gasteiger partial charge in [0.15, 0.2) is 5.01 Å². The summed E-state index contributed by atoms with van der Waals surface area (Å²) in [5.41, 5.74) is 4.40. The fraction of sp³-hybridized carbons (Fsp3) is 0.571. The largest absolute Gasteiger partial charge is 0.318 e. The molecular formula is C7H11ClF2N4OS. The highest BCUT2D eigenvalue weighted by atomic mass is 35.5. The lowest BCUT2D eigenvalue weighted by molar-refractivity contribution is -0.120. The lowest BCUT2D eigenvalue weighted by atomic mass is 10.1. The zero-order valence-electron chi connectivity index (χ0n) is 8.53. The molecule has 0 aliphatic heterocycles. The van der Waals surface area contributed by atoms with Crippen molar-refractivity contribution in [3.8, 4) is 0 Å². The van der Waals surface area contributed by atoms with Gasteiger partial charge in [-0.05, 0) is 13.8 Å². The fourth-order valence-corrected chi connectivity index (χ4v) is 1.23. The average molecular weight is 273 g/mol. The van der Waals surface area contributed by atoms with E-state index in [-0.39, 0.29) is 17.5 Å². The predicted octanol–water partition coefficient (Wildman–Crippen LogP) is 1.57. The zero-order valence-corrected chi connectivity index (χ0v) is 10.2. The number of aromatic nitrogens is 2. The van der Waals surface area contributed by atoms with Crippen LogP contribution < -0.4 is 11.1 Å². The van der Waals surface area contributed by atoms with Crippen molar-refractivity contribution in [1.29, 1.82) is 0 Å². The zero-order chi connectivity index (χ0) is 11.6. The lowest BCUT2D eigenvalue weighted by Gasteiger charge is -2.15. The second-order valence-corrected chi connectivity index (χ2v) is 4.43. The summed E-state index contributed by atoms with van der Waals surface area (Å²) < 4.78 is 24.2. The van der Waals surface area contributed by atoms with Crippen LogP contribution in [0.5, 0.6) is 0 Å². The summed E-state index contributed by atoms with van der Waals surface area (Å²) >= 11 is 0.626. The maximum absolute atomic E-state index is 12.1. The van der Waals surface area contributed by atoms with E-state index >= 15 is 0 Å². The first-order valence-electron chi connectivity index (χ1n) is 4.02. The number of amides is 1. The molecule has 0 saturated heterocycles. The molecule has 0 radical (unpaired) electrons. The summed E-state index contributed by atoms with van der Waals surface area (Å²) in [6.45, 7) is 2.99. The molecule has 0 saturated carbocycles. The second-order valence-electron chi connectivity index (χ2n) is 3.42. The number of nitrogens with one attached hydrogen (secondary N) is 1. The smallest absolute Gasteiger partial charge is 0.291 e. The van der Waals surface area contributed by atoms with Gasteiger partial charge in [-0.1, -0.05) is 11.3 Å². The minimum absolute atomic E-state index is 0. The van der Waals surface area contributed by atoms with Gasteiger partial charge >= 0.3 is 0 Å². The molecule has 5 nitrogen and oxygen atoms in total. The number of hydrogen-bond donors (Lipinski definition) is 2. The summed E-state index contributed by atoms with van der Waals surface area (Å²) in [6.07, 6.45) is -2.68. The van der Waals surface area contributed by atoms with Crippen LogP contribution in [0.4, 0.5) is 13.9 Å². The van der Waals surface area contributed by atoms with Crippen molar-refractivity contribution in [3.63, 3.8) is 0 Å². The van der Waals surface area contributed by atoms with Crippen molar-refractivity contribution in [2.45, 2.75) is 25.8 Å². The summed E-state index contributed by atoms with van der Waals surface area (Å²) in [4.78, 5) is 11.3. The van der Waals surface area contributed by atoms with Crippen LogP contribution in [0.1, 0.15) is 25.3 Å². The van der Waals surface area contributed by atoms with Crippen LogP contribution in [0.15, 0.2) is 0 Å². The van der Waals surface area contributed by atoms with Gasteiger partial charge < -0.3 is 5.73 Å². The first-order chi connectivity index (χ1) is 6.80. The molecule has 3 N–H and O–H groups in total. The van der Waals surface area contributed by atoms with Crippen molar-refractivity contribution in [2.24, 2.45) is 5.73 Å². The molecule has 16 heavy (non-hydrogen) atoms. The summed E-state index contributed by atoms with van der Waals surface area (Å²) in [6, 6.07) is 0. The Balaban J connectivity index is 0.00000225. The van der Waals surface area contributed by atoms with Gasteiger partial charge in [0, 0.05) is 0 Å². The van der Waals surface area contributed by atoms with Crippen LogP contribution in [0.3, 0.4) is 0 Å². The van der Waals surface area contributed by atoms with Crippen LogP contribution in [0.2, 0.25) is 0 Å². The SMILES string of the molecule is CC(C)(N)C(=O)Nc1nnc(C(F)F)s1.Cl. The average Bonchev–Trinajstić information content (AvgIpc) is 2.50. The van der Waals surface area contributed by atoms with Crippen LogP contribution in [-0.4, -0.2) is 21.6 Å². The van der Waals surface area contributed by atoms with Crippen LogP contribution in [-0.2, 0) is 4.79 Å². The number of nitrogens with zero attached hydrogens (tertiary/aromatic N) is 2. The van der Waals surface area contributed by atoms with Crippen molar-refractivity contribution < 1.29 is 13.6 Å². The topological polar surface area (TPSA) is 80.9 Å². The predicted molar refractivity (Wildman–Crippen MR) is 59.0 cm³/mol. The number of rotatable bonds is 3. The molecule has 0 spiro atoms. The number of halogens is 3. The third-order valence-electron chi connectivity index (χ3n) is 1.43. The Morgan fingerprint density at radius 2 is 2.06 bits per heavy atom. The van der Waals surface area contributed by atoms with Gasteiger partial charge in [0.2, 0.25) is 11.0 Å². The molecular weight excluding hydrogens is 262 g/mol. The Labute approximate surface area is 101 Å². The molecule has 1 heterocycles. The Hall–Kier alpha value is -0.860. The van der Waals surface area contributed by atoms with Gasteiger partial charge in [0.1, 0.15) is 0 Å². The molecule has 0 atom stereocenters. The van der Waals surface area contributed by atoms with E-state index in [9.17, 15) is 13.6 Å². The van der Waals surface area contributed by atoms with Crippen LogP contribution in [0, 0.1) is 0 Å². The fourth-order valence-electron chi connectivity index (χ4n) is 0.631. The van der Waals surface area contributed by atoms with Gasteiger partial charge in [-0.25, -0.2) is 8.78 Å². The van der Waals surface area contributed by atoms with Gasteiger partial charge in [0.05, 0.1) is 5.54 Å². The van der Waals surface area contributed by atoms with Crippen LogP contribution in [0.25, 0.3) is 0 Å². The van der Waals surface area contributed by atoms with E-state index < -0.39 is 22.9 Å². The molecule has 1 aromatic rings. The first-order valence-corrected chi connectivity index (χ1v) is 4.84. The summed E-state index contributed by atoms with van der Waals surface area (Å²) in [5, 5.41) is 8.50. The molecule has 0 fully saturated rings. The first kappa shape index (κ1) is 15.1. The highest BCUT2D eigenvalue weighted by molar-refractivity contribution is 7.15. The molecule has 92 valence electrons. The monoisotopic (exact) mass is 272 g/mol. The van der Waals surface area contributed by atoms with Crippen molar-refractivity contribution in [2.75, 3.05) is 5.32 Å². The lowest BCUT2D eigenvalue weighted by Crippen LogP contribution is -2.45. The number of hydrogen-bond acceptors (Lipinski definition) is 5. The van der Waals surface area contributed by atoms with Crippen molar-refractivity contribution >= 4 is 34.8 Å². The number of carbonyl (C=O) groups excluding carboxylic acids is 1. The minimum Gasteiger partial charge on any atom is -0.318 e. The summed E-state index contributed by atoms with van der Waals surface area (Å²) in [5.74, 6) is -0.500. The maximum atomic E-state index is 12.1. The molecule has 0 unspecified atom stereocenters. The van der Waals surface area contributed by atoms with E-state index in [1.807, 2.05) is 0 Å². The molecule has 1 amide bonds. The molecule has 0 bridgehead atoms. The molecule has 0 aliphatic rings. The second kappa shape index (κ2) is 5.46. The normalized spacial score (nSPS) is 11.1. The number of nitrogens with two attached hydrogens (primary N) is 1. The highest BCUT2D eigenvalue weighted by Crippen LogP contribution is 2.25. The van der Waals surface area contributed by atoms with E-state index in [0.29, 0.717) is 11.3 Å². The van der Waals surface area contributed by atoms with Gasteiger partial charge in [-0.15, -0.1) is 22.6 Å². The third kappa shape index (κ3) is 3.95. The standard InChI is InChI=1S/C7H10F2N4OS.ClH/c1-7(2,10)5(14)11-6-13-12-4(15-6)3(8)9;/h3H,10H2,1-2H3,(H,11,13,14);1H. The molecule has 0 aliphatic carbocycles. The van der Waals surface area contributed by atoms with Crippen LogP contribution >= 0.6 is 23.7 Å². The van der Waals surface area contributed by atoms with E-state index in [1.165, 1.54) is 13.8 Å². The van der Waals surface area contributed by atoms with E-state index in [1.54, 1.807) is 0 Å². The molecule has 1 rings (SSSR count). The molecule has 9 heteroatoms. The molecule has 0 aromatic carbocycles. The number of carbonyl (C=O) groups is 1. The number of anilines is 1. The molecule has 1 aromatic heterocycles. The summed E-state index contributed by atoms with van der Waals surface area (Å²) in [7, 11) is 0. The Morgan fingerprint density at radius 3 is 2.44 bits per heavy atom. The van der Waals surface area contributed by atoms with E-state index in [4.69, 9.17) is 5.73 Å². The Bertz CT molecular complexity index is 366. The van der Waals surface area contributed by atoms with Gasteiger partial charge in [0.25, 0.3) is 6.43 Å². The maximum Gasteiger partial charge on any atom is 0.291 e. The van der Waals surface area contributed by atoms with Gasteiger partial charge in [-0.2, -0.15) is 0 Å². The van der Waals surface area contributed by atoms with Crippen molar-refractivity contribution in [3.05, 3.63) is 5.01 Å². The quantitative estimate of drug-likeness (QED) is 0.875. The minimum atomic E-state index is -2.68. The van der Waals surface area contributed by atoms with Crippen molar-refractivity contribution in [1.82, 2.24) is 10.2 Å². The van der Waals surface area contributed by atoms with E-state index in [2.05, 4.69) is 15.5 Å². The Morgan fingerprint density at radius 1 is 1.50 bits per heavy atom.